The summed E-state index contributed by atoms with van der Waals surface area (Å²) >= 11 is 0. The van der Waals surface area contributed by atoms with Crippen molar-refractivity contribution in [2.24, 2.45) is 5.92 Å². The lowest BCUT2D eigenvalue weighted by atomic mass is 9.80. The van der Waals surface area contributed by atoms with Crippen LogP contribution in [0, 0.1) is 5.92 Å². The quantitative estimate of drug-likeness (QED) is 0.639. The maximum atomic E-state index is 13.5. The molecule has 0 amide bonds. The second-order valence-electron chi connectivity index (χ2n) is 8.93. The average molecular weight is 452 g/mol. The van der Waals surface area contributed by atoms with Crippen LogP contribution in [0.25, 0.3) is 0 Å². The molecule has 172 valence electrons. The lowest BCUT2D eigenvalue weighted by Crippen LogP contribution is -2.42. The molecule has 6 rings (SSSR count). The predicted molar refractivity (Wildman–Crippen MR) is 106 cm³/mol. The van der Waals surface area contributed by atoms with Crippen molar-refractivity contribution >= 4 is 17.5 Å². The van der Waals surface area contributed by atoms with Crippen LogP contribution in [0.15, 0.2) is 6.20 Å². The molecule has 3 N–H and O–H groups in total. The largest absolute Gasteiger partial charge is 0.476 e. The number of aliphatic hydroxyl groups is 1. The Labute approximate surface area is 181 Å². The third kappa shape index (κ3) is 3.36. The van der Waals surface area contributed by atoms with E-state index in [2.05, 4.69) is 20.6 Å². The minimum atomic E-state index is -4.56. The van der Waals surface area contributed by atoms with Crippen molar-refractivity contribution in [2.45, 2.75) is 56.0 Å². The molecule has 2 aromatic heterocycles. The van der Waals surface area contributed by atoms with Gasteiger partial charge in [0.15, 0.2) is 0 Å². The molecule has 2 unspecified atom stereocenters. The van der Waals surface area contributed by atoms with Crippen molar-refractivity contribution < 1.29 is 27.8 Å². The van der Waals surface area contributed by atoms with Gasteiger partial charge in [-0.3, -0.25) is 0 Å². The van der Waals surface area contributed by atoms with Crippen LogP contribution in [0.5, 0.6) is 5.88 Å². The van der Waals surface area contributed by atoms with Gasteiger partial charge in [-0.05, 0) is 25.7 Å². The zero-order valence-corrected chi connectivity index (χ0v) is 17.1. The maximum absolute atomic E-state index is 13.5. The third-order valence-corrected chi connectivity index (χ3v) is 6.70. The van der Waals surface area contributed by atoms with Gasteiger partial charge in [0.2, 0.25) is 11.8 Å². The highest BCUT2D eigenvalue weighted by Crippen LogP contribution is 2.48. The smallest absolute Gasteiger partial charge is 0.421 e. The summed E-state index contributed by atoms with van der Waals surface area (Å²) in [5, 5.41) is 21.2. The number of nitrogens with zero attached hydrogens (tertiary/aromatic N) is 4. The number of rotatable bonds is 2. The van der Waals surface area contributed by atoms with E-state index in [1.165, 1.54) is 0 Å². The van der Waals surface area contributed by atoms with Crippen molar-refractivity contribution in [3.63, 3.8) is 0 Å². The van der Waals surface area contributed by atoms with Crippen molar-refractivity contribution in [1.29, 1.82) is 0 Å². The molecular formula is C20H23F3N6O3. The van der Waals surface area contributed by atoms with Gasteiger partial charge in [0, 0.05) is 24.1 Å². The number of alkyl halides is 3. The molecule has 2 bridgehead atoms. The third-order valence-electron chi connectivity index (χ3n) is 6.70. The first-order valence-electron chi connectivity index (χ1n) is 10.9. The fraction of sp³-hybridized carbons (Fsp3) is 0.650. The Morgan fingerprint density at radius 1 is 1.12 bits per heavy atom. The van der Waals surface area contributed by atoms with E-state index in [4.69, 9.17) is 14.6 Å². The summed E-state index contributed by atoms with van der Waals surface area (Å²) in [6, 6.07) is -0.581. The van der Waals surface area contributed by atoms with Gasteiger partial charge >= 0.3 is 6.18 Å². The number of aliphatic hydroxyl groups excluding tert-OH is 1. The van der Waals surface area contributed by atoms with E-state index in [0.717, 1.165) is 37.6 Å². The molecule has 1 saturated heterocycles. The lowest BCUT2D eigenvalue weighted by molar-refractivity contribution is -0.137. The molecule has 2 aliphatic heterocycles. The average Bonchev–Trinajstić information content (AvgIpc) is 3.40. The summed E-state index contributed by atoms with van der Waals surface area (Å²) in [6.07, 6.45) is -1.00. The van der Waals surface area contributed by atoms with Gasteiger partial charge in [0.1, 0.15) is 29.2 Å². The summed E-state index contributed by atoms with van der Waals surface area (Å²) < 4.78 is 54.0. The first kappa shape index (κ1) is 20.0. The Bertz CT molecular complexity index is 1040. The summed E-state index contributed by atoms with van der Waals surface area (Å²) in [7, 11) is 0. The van der Waals surface area contributed by atoms with Crippen molar-refractivity contribution in [3.8, 4) is 5.88 Å². The molecule has 12 heteroatoms. The van der Waals surface area contributed by atoms with Crippen LogP contribution in [-0.2, 0) is 10.9 Å². The SMILES string of the molecule is O[C@H]1COCC1n1nc(C2CC2)c2c1OC[C@@H]1CCC1Nc1nc(ncc1C(F)(F)F)N2. The zero-order valence-electron chi connectivity index (χ0n) is 17.1. The Morgan fingerprint density at radius 3 is 2.62 bits per heavy atom. The zero-order chi connectivity index (χ0) is 22.0. The lowest BCUT2D eigenvalue weighted by Gasteiger charge is -2.37. The van der Waals surface area contributed by atoms with E-state index in [9.17, 15) is 18.3 Å². The van der Waals surface area contributed by atoms with Crippen molar-refractivity contribution in [1.82, 2.24) is 19.7 Å². The number of halogens is 3. The minimum Gasteiger partial charge on any atom is -0.476 e. The first-order valence-corrected chi connectivity index (χ1v) is 10.9. The van der Waals surface area contributed by atoms with Crippen LogP contribution in [0.3, 0.4) is 0 Å². The molecular weight excluding hydrogens is 429 g/mol. The highest BCUT2D eigenvalue weighted by Gasteiger charge is 2.41. The van der Waals surface area contributed by atoms with Crippen LogP contribution in [0.1, 0.15) is 48.9 Å². The number of nitrogens with one attached hydrogen (secondary N) is 2. The van der Waals surface area contributed by atoms with Crippen LogP contribution in [0.4, 0.5) is 30.6 Å². The van der Waals surface area contributed by atoms with Crippen molar-refractivity contribution in [2.75, 3.05) is 30.5 Å². The van der Waals surface area contributed by atoms with Gasteiger partial charge in [0.25, 0.3) is 0 Å². The van der Waals surface area contributed by atoms with E-state index < -0.39 is 23.9 Å². The van der Waals surface area contributed by atoms with Gasteiger partial charge in [0.05, 0.1) is 25.5 Å². The van der Waals surface area contributed by atoms with Crippen LogP contribution >= 0.6 is 0 Å². The number of fused-ring (bicyclic) bond motifs is 4. The van der Waals surface area contributed by atoms with E-state index in [1.807, 2.05) is 0 Å². The Morgan fingerprint density at radius 2 is 1.97 bits per heavy atom. The molecule has 0 spiro atoms. The highest BCUT2D eigenvalue weighted by molar-refractivity contribution is 5.66. The van der Waals surface area contributed by atoms with Gasteiger partial charge in [-0.1, -0.05) is 0 Å². The highest BCUT2D eigenvalue weighted by atomic mass is 19.4. The second kappa shape index (κ2) is 7.20. The molecule has 4 heterocycles. The molecule has 9 nitrogen and oxygen atoms in total. The first-order chi connectivity index (χ1) is 15.4. The Hall–Kier alpha value is -2.60. The normalized spacial score (nSPS) is 29.5. The minimum absolute atomic E-state index is 0.0259. The fourth-order valence-corrected chi connectivity index (χ4v) is 4.52. The molecule has 0 aromatic carbocycles. The molecule has 4 aliphatic rings. The fourth-order valence-electron chi connectivity index (χ4n) is 4.52. The summed E-state index contributed by atoms with van der Waals surface area (Å²) in [5.74, 6) is 0.493. The monoisotopic (exact) mass is 452 g/mol. The van der Waals surface area contributed by atoms with Gasteiger partial charge in [-0.25, -0.2) is 9.67 Å². The van der Waals surface area contributed by atoms with Gasteiger partial charge in [-0.15, -0.1) is 0 Å². The Kier molecular flexibility index (Phi) is 4.51. The van der Waals surface area contributed by atoms with Crippen LogP contribution in [-0.4, -0.2) is 56.8 Å². The molecule has 3 fully saturated rings. The summed E-state index contributed by atoms with van der Waals surface area (Å²) in [4.78, 5) is 8.12. The Balaban J connectivity index is 1.46. The van der Waals surface area contributed by atoms with Crippen molar-refractivity contribution in [3.05, 3.63) is 17.5 Å². The number of hydrogen-bond donors (Lipinski definition) is 3. The predicted octanol–water partition coefficient (Wildman–Crippen LogP) is 2.83. The molecule has 4 atom stereocenters. The molecule has 2 aliphatic carbocycles. The summed E-state index contributed by atoms with van der Waals surface area (Å²) in [5.41, 5.74) is 0.412. The number of hydrogen-bond acceptors (Lipinski definition) is 8. The molecule has 2 saturated carbocycles. The van der Waals surface area contributed by atoms with Crippen LogP contribution in [0.2, 0.25) is 0 Å². The number of aromatic nitrogens is 4. The number of ether oxygens (including phenoxy) is 2. The van der Waals surface area contributed by atoms with Gasteiger partial charge < -0.3 is 25.2 Å². The van der Waals surface area contributed by atoms with E-state index in [1.54, 1.807) is 4.68 Å². The maximum Gasteiger partial charge on any atom is 0.421 e. The topological polar surface area (TPSA) is 106 Å². The molecule has 2 aromatic rings. The summed E-state index contributed by atoms with van der Waals surface area (Å²) in [6.45, 7) is 0.833. The van der Waals surface area contributed by atoms with E-state index in [0.29, 0.717) is 24.8 Å². The van der Waals surface area contributed by atoms with E-state index in [-0.39, 0.29) is 36.3 Å². The van der Waals surface area contributed by atoms with Crippen LogP contribution < -0.4 is 15.4 Å². The van der Waals surface area contributed by atoms with Gasteiger partial charge in [-0.2, -0.15) is 23.3 Å². The second-order valence-corrected chi connectivity index (χ2v) is 8.93. The molecule has 32 heavy (non-hydrogen) atoms. The standard InChI is InChI=1S/C20H23F3N6O3/c21-20(22,23)11-5-24-19-26-16-15(9-1-2-9)28-29(13-7-31-8-14(13)30)18(16)32-6-10-3-4-12(10)25-17(11)27-19/h5,9-10,12-14,30H,1-4,6-8H2,(H2,24,25,26,27)/t10-,12?,13?,14-/m0/s1. The van der Waals surface area contributed by atoms with E-state index >= 15 is 0 Å². The molecule has 0 radical (unpaired) electrons. The number of anilines is 3.